The highest BCUT2D eigenvalue weighted by Gasteiger charge is 2.18. The Bertz CT molecular complexity index is 705. The van der Waals surface area contributed by atoms with Crippen LogP contribution in [0.3, 0.4) is 0 Å². The van der Waals surface area contributed by atoms with Crippen LogP contribution in [0.5, 0.6) is 0 Å². The van der Waals surface area contributed by atoms with E-state index in [9.17, 15) is 8.42 Å². The Balaban J connectivity index is 2.14. The van der Waals surface area contributed by atoms with Gasteiger partial charge in [0.1, 0.15) is 9.20 Å². The van der Waals surface area contributed by atoms with E-state index in [2.05, 4.69) is 20.7 Å². The molecule has 102 valence electrons. The summed E-state index contributed by atoms with van der Waals surface area (Å²) in [5.41, 5.74) is 5.46. The molecule has 0 saturated heterocycles. The Labute approximate surface area is 132 Å². The van der Waals surface area contributed by atoms with E-state index in [1.165, 1.54) is 17.4 Å². The van der Waals surface area contributed by atoms with E-state index in [-0.39, 0.29) is 15.7 Å². The summed E-state index contributed by atoms with van der Waals surface area (Å²) in [6.07, 6.45) is 0. The Morgan fingerprint density at radius 1 is 1.42 bits per heavy atom. The van der Waals surface area contributed by atoms with Crippen LogP contribution in [0.4, 0.5) is 0 Å². The molecule has 0 aliphatic rings. The van der Waals surface area contributed by atoms with E-state index in [4.69, 9.17) is 18.0 Å². The molecule has 0 amide bonds. The molecule has 3 N–H and O–H groups in total. The molecule has 0 spiro atoms. The first-order valence-corrected chi connectivity index (χ1v) is 9.39. The highest BCUT2D eigenvalue weighted by atomic mass is 79.9. The zero-order valence-corrected chi connectivity index (χ0v) is 14.3. The number of nitrogens with one attached hydrogen (secondary N) is 1. The predicted molar refractivity (Wildman–Crippen MR) is 86.3 cm³/mol. The second-order valence-electron chi connectivity index (χ2n) is 3.50. The van der Waals surface area contributed by atoms with Crippen LogP contribution in [0.15, 0.2) is 32.3 Å². The molecule has 0 aliphatic heterocycles. The molecule has 0 fully saturated rings. The maximum absolute atomic E-state index is 12.1. The topological polar surface area (TPSA) is 72.2 Å². The summed E-state index contributed by atoms with van der Waals surface area (Å²) in [7, 11) is -3.53. The minimum Gasteiger partial charge on any atom is -0.389 e. The van der Waals surface area contributed by atoms with Crippen molar-refractivity contribution in [3.63, 3.8) is 0 Å². The van der Waals surface area contributed by atoms with E-state index in [0.717, 1.165) is 20.7 Å². The van der Waals surface area contributed by atoms with Crippen molar-refractivity contribution >= 4 is 65.8 Å². The van der Waals surface area contributed by atoms with Gasteiger partial charge in [-0.2, -0.15) is 0 Å². The van der Waals surface area contributed by atoms with E-state index >= 15 is 0 Å². The zero-order chi connectivity index (χ0) is 14.0. The fraction of sp³-hybridized carbons (Fsp3) is 0.100. The lowest BCUT2D eigenvalue weighted by atomic mass is 10.5. The summed E-state index contributed by atoms with van der Waals surface area (Å²) in [5, 5.41) is 1.89. The van der Waals surface area contributed by atoms with E-state index < -0.39 is 10.0 Å². The minimum atomic E-state index is -3.53. The van der Waals surface area contributed by atoms with Crippen LogP contribution in [0, 0.1) is 0 Å². The second-order valence-corrected chi connectivity index (χ2v) is 8.87. The molecule has 0 bridgehead atoms. The lowest BCUT2D eigenvalue weighted by molar-refractivity contribution is 0.584. The molecular formula is C10H9BrN2O2S4. The van der Waals surface area contributed by atoms with Gasteiger partial charge in [0.25, 0.3) is 0 Å². The Kier molecular flexibility index (Phi) is 4.75. The van der Waals surface area contributed by atoms with Crippen LogP contribution in [-0.2, 0) is 16.6 Å². The third kappa shape index (κ3) is 3.61. The van der Waals surface area contributed by atoms with Crippen molar-refractivity contribution in [1.82, 2.24) is 4.72 Å². The molecule has 0 radical (unpaired) electrons. The Hall–Kier alpha value is -0.320. The van der Waals surface area contributed by atoms with Crippen molar-refractivity contribution in [3.05, 3.63) is 37.8 Å². The lowest BCUT2D eigenvalue weighted by Gasteiger charge is -2.03. The van der Waals surface area contributed by atoms with E-state index in [1.54, 1.807) is 6.07 Å². The quantitative estimate of drug-likeness (QED) is 0.761. The van der Waals surface area contributed by atoms with Gasteiger partial charge in [0.2, 0.25) is 10.0 Å². The van der Waals surface area contributed by atoms with Crippen molar-refractivity contribution in [2.45, 2.75) is 10.8 Å². The first-order chi connectivity index (χ1) is 8.90. The zero-order valence-electron chi connectivity index (χ0n) is 9.42. The van der Waals surface area contributed by atoms with Crippen LogP contribution < -0.4 is 10.5 Å². The largest absolute Gasteiger partial charge is 0.389 e. The monoisotopic (exact) mass is 396 g/mol. The van der Waals surface area contributed by atoms with Gasteiger partial charge in [-0.1, -0.05) is 12.2 Å². The summed E-state index contributed by atoms with van der Waals surface area (Å²) in [6.45, 7) is 0.251. The van der Waals surface area contributed by atoms with Crippen molar-refractivity contribution in [2.75, 3.05) is 0 Å². The lowest BCUT2D eigenvalue weighted by Crippen LogP contribution is -2.22. The number of thiophene rings is 2. The predicted octanol–water partition coefficient (Wildman–Crippen LogP) is 2.68. The number of nitrogens with two attached hydrogens (primary N) is 1. The Morgan fingerprint density at radius 3 is 2.68 bits per heavy atom. The van der Waals surface area contributed by atoms with Crippen molar-refractivity contribution < 1.29 is 8.42 Å². The van der Waals surface area contributed by atoms with Crippen molar-refractivity contribution in [3.8, 4) is 0 Å². The van der Waals surface area contributed by atoms with Crippen LogP contribution in [-0.4, -0.2) is 13.4 Å². The average molecular weight is 397 g/mol. The summed E-state index contributed by atoms with van der Waals surface area (Å²) in [4.78, 5) is 1.72. The molecule has 0 aliphatic carbocycles. The molecule has 19 heavy (non-hydrogen) atoms. The van der Waals surface area contributed by atoms with Crippen molar-refractivity contribution in [1.29, 1.82) is 0 Å². The molecule has 2 rings (SSSR count). The fourth-order valence-corrected chi connectivity index (χ4v) is 5.19. The number of sulfonamides is 1. The molecule has 2 aromatic heterocycles. The number of hydrogen-bond acceptors (Lipinski definition) is 5. The van der Waals surface area contributed by atoms with Gasteiger partial charge in [-0.05, 0) is 39.5 Å². The SMILES string of the molecule is NC(=S)c1ccc(S(=O)(=O)NCc2sccc2Br)s1. The summed E-state index contributed by atoms with van der Waals surface area (Å²) >= 11 is 10.7. The summed E-state index contributed by atoms with van der Waals surface area (Å²) < 4.78 is 27.8. The Morgan fingerprint density at radius 2 is 2.16 bits per heavy atom. The summed E-state index contributed by atoms with van der Waals surface area (Å²) in [5.74, 6) is 0. The van der Waals surface area contributed by atoms with Gasteiger partial charge in [0.05, 0.1) is 4.88 Å². The van der Waals surface area contributed by atoms with Gasteiger partial charge in [-0.3, -0.25) is 0 Å². The number of halogens is 1. The molecular weight excluding hydrogens is 388 g/mol. The highest BCUT2D eigenvalue weighted by Crippen LogP contribution is 2.24. The molecule has 0 saturated carbocycles. The molecule has 2 heterocycles. The molecule has 9 heteroatoms. The third-order valence-corrected chi connectivity index (χ3v) is 7.49. The second kappa shape index (κ2) is 5.98. The standard InChI is InChI=1S/C10H9BrN2O2S4/c11-6-3-4-17-8(6)5-13-19(14,15)9-2-1-7(18-9)10(12)16/h1-4,13H,5H2,(H2,12,16). The normalized spacial score (nSPS) is 11.6. The summed E-state index contributed by atoms with van der Waals surface area (Å²) in [6, 6.07) is 5.00. The average Bonchev–Trinajstić information content (AvgIpc) is 2.95. The molecule has 0 unspecified atom stereocenters. The number of rotatable bonds is 5. The van der Waals surface area contributed by atoms with Crippen LogP contribution in [0.1, 0.15) is 9.75 Å². The van der Waals surface area contributed by atoms with Gasteiger partial charge in [0.15, 0.2) is 0 Å². The van der Waals surface area contributed by atoms with Gasteiger partial charge in [-0.25, -0.2) is 13.1 Å². The van der Waals surface area contributed by atoms with Gasteiger partial charge in [0, 0.05) is 15.9 Å². The van der Waals surface area contributed by atoms with Crippen LogP contribution in [0.25, 0.3) is 0 Å². The van der Waals surface area contributed by atoms with Gasteiger partial charge in [-0.15, -0.1) is 22.7 Å². The van der Waals surface area contributed by atoms with Crippen molar-refractivity contribution in [2.24, 2.45) is 5.73 Å². The number of thiocarbonyl (C=S) groups is 1. The number of hydrogen-bond donors (Lipinski definition) is 2. The van der Waals surface area contributed by atoms with Gasteiger partial charge >= 0.3 is 0 Å². The maximum atomic E-state index is 12.1. The van der Waals surface area contributed by atoms with Crippen LogP contribution >= 0.6 is 50.8 Å². The molecule has 4 nitrogen and oxygen atoms in total. The first kappa shape index (κ1) is 15.1. The van der Waals surface area contributed by atoms with E-state index in [0.29, 0.717) is 4.88 Å². The smallest absolute Gasteiger partial charge is 0.250 e. The van der Waals surface area contributed by atoms with Gasteiger partial charge < -0.3 is 5.73 Å². The minimum absolute atomic E-state index is 0.201. The molecule has 2 aromatic rings. The molecule has 0 atom stereocenters. The maximum Gasteiger partial charge on any atom is 0.250 e. The highest BCUT2D eigenvalue weighted by molar-refractivity contribution is 9.10. The van der Waals surface area contributed by atoms with E-state index in [1.807, 2.05) is 11.4 Å². The molecule has 0 aromatic carbocycles. The fourth-order valence-electron chi connectivity index (χ4n) is 1.28. The third-order valence-electron chi connectivity index (χ3n) is 2.20. The van der Waals surface area contributed by atoms with Crippen LogP contribution in [0.2, 0.25) is 0 Å². The first-order valence-electron chi connectivity index (χ1n) is 5.01.